The van der Waals surface area contributed by atoms with Gasteiger partial charge in [-0.05, 0) is 61.1 Å². The number of allylic oxidation sites excluding steroid dienone is 6. The lowest BCUT2D eigenvalue weighted by Gasteiger charge is -2.17. The van der Waals surface area contributed by atoms with Gasteiger partial charge in [-0.25, -0.2) is 0 Å². The largest absolute Gasteiger partial charge is 0.492 e. The molecular weight excluding hydrogens is 358 g/mol. The molecule has 0 spiro atoms. The summed E-state index contributed by atoms with van der Waals surface area (Å²) in [6.07, 6.45) is 8.20. The van der Waals surface area contributed by atoms with Crippen LogP contribution in [0, 0.1) is 0 Å². The summed E-state index contributed by atoms with van der Waals surface area (Å²) in [5, 5.41) is 10.4. The first-order chi connectivity index (χ1) is 14.0. The van der Waals surface area contributed by atoms with Crippen molar-refractivity contribution in [3.63, 3.8) is 0 Å². The fourth-order valence-corrected chi connectivity index (χ4v) is 3.26. The fraction of sp³-hybridized carbons (Fsp3) is 0.308. The predicted molar refractivity (Wildman–Crippen MR) is 123 cm³/mol. The van der Waals surface area contributed by atoms with Gasteiger partial charge in [0, 0.05) is 7.05 Å². The van der Waals surface area contributed by atoms with E-state index in [9.17, 15) is 5.21 Å². The van der Waals surface area contributed by atoms with Crippen LogP contribution >= 0.6 is 0 Å². The van der Waals surface area contributed by atoms with Crippen molar-refractivity contribution in [1.82, 2.24) is 5.06 Å². The van der Waals surface area contributed by atoms with E-state index in [2.05, 4.69) is 74.5 Å². The molecule has 0 saturated carbocycles. The highest BCUT2D eigenvalue weighted by atomic mass is 16.5. The molecule has 2 aromatic carbocycles. The van der Waals surface area contributed by atoms with Crippen LogP contribution in [0.15, 0.2) is 78.4 Å². The van der Waals surface area contributed by atoms with Gasteiger partial charge in [0.15, 0.2) is 0 Å². The molecule has 3 heteroatoms. The fourth-order valence-electron chi connectivity index (χ4n) is 3.26. The highest BCUT2D eigenvalue weighted by molar-refractivity contribution is 5.91. The van der Waals surface area contributed by atoms with Crippen LogP contribution in [-0.4, -0.2) is 30.5 Å². The van der Waals surface area contributed by atoms with E-state index < -0.39 is 0 Å². The Morgan fingerprint density at radius 1 is 1.00 bits per heavy atom. The molecular formula is C26H33NO2. The monoisotopic (exact) mass is 391 g/mol. The van der Waals surface area contributed by atoms with Gasteiger partial charge in [0.05, 0.1) is 6.54 Å². The maximum Gasteiger partial charge on any atom is 0.119 e. The van der Waals surface area contributed by atoms with Crippen molar-refractivity contribution in [1.29, 1.82) is 0 Å². The van der Waals surface area contributed by atoms with Crippen molar-refractivity contribution >= 4 is 11.1 Å². The smallest absolute Gasteiger partial charge is 0.119 e. The number of nitrogens with zero attached hydrogens (tertiary/aromatic N) is 1. The Balaban J connectivity index is 2.38. The average Bonchev–Trinajstić information content (AvgIpc) is 2.73. The summed E-state index contributed by atoms with van der Waals surface area (Å²) >= 11 is 0. The Kier molecular flexibility index (Phi) is 9.42. The zero-order chi connectivity index (χ0) is 21.1. The molecule has 0 saturated heterocycles. The first-order valence-corrected chi connectivity index (χ1v) is 10.2. The maximum atomic E-state index is 9.23. The molecule has 0 amide bonds. The van der Waals surface area contributed by atoms with E-state index in [1.165, 1.54) is 27.8 Å². The molecule has 0 aliphatic rings. The first-order valence-electron chi connectivity index (χ1n) is 10.2. The highest BCUT2D eigenvalue weighted by Gasteiger charge is 2.11. The topological polar surface area (TPSA) is 32.7 Å². The molecule has 0 bridgehead atoms. The van der Waals surface area contributed by atoms with Crippen LogP contribution in [0.1, 0.15) is 44.7 Å². The molecule has 29 heavy (non-hydrogen) atoms. The van der Waals surface area contributed by atoms with E-state index >= 15 is 0 Å². The van der Waals surface area contributed by atoms with E-state index in [0.717, 1.165) is 23.7 Å². The van der Waals surface area contributed by atoms with E-state index in [-0.39, 0.29) is 0 Å². The second-order valence-electron chi connectivity index (χ2n) is 7.15. The van der Waals surface area contributed by atoms with Gasteiger partial charge in [-0.2, -0.15) is 5.06 Å². The van der Waals surface area contributed by atoms with Gasteiger partial charge in [-0.1, -0.05) is 73.2 Å². The zero-order valence-electron chi connectivity index (χ0n) is 18.1. The molecule has 0 aromatic heterocycles. The summed E-state index contributed by atoms with van der Waals surface area (Å²) in [5.74, 6) is 0.814. The standard InChI is InChI=1S/C26H33NO2/c1-5-7-11-21(3)20-26(25(6-2)22-12-9-8-10-13-22)23-14-16-24(17-15-23)29-19-18-27(4)28/h5,7-17,28H,6,18-20H2,1-4H3/b7-5-,21-11+,26-25-. The Morgan fingerprint density at radius 2 is 1.66 bits per heavy atom. The Morgan fingerprint density at radius 3 is 2.24 bits per heavy atom. The molecule has 0 unspecified atom stereocenters. The molecule has 0 fully saturated rings. The number of hydrogen-bond acceptors (Lipinski definition) is 3. The van der Waals surface area contributed by atoms with Gasteiger partial charge >= 0.3 is 0 Å². The first kappa shape index (κ1) is 22.7. The van der Waals surface area contributed by atoms with Crippen LogP contribution in [0.4, 0.5) is 0 Å². The Labute approximate surface area is 175 Å². The minimum atomic E-state index is 0.449. The van der Waals surface area contributed by atoms with Crippen molar-refractivity contribution < 1.29 is 9.94 Å². The number of ether oxygens (including phenoxy) is 1. The quantitative estimate of drug-likeness (QED) is 0.281. The molecule has 0 aliphatic heterocycles. The van der Waals surface area contributed by atoms with Crippen molar-refractivity contribution in [2.24, 2.45) is 0 Å². The van der Waals surface area contributed by atoms with Gasteiger partial charge < -0.3 is 9.94 Å². The summed E-state index contributed by atoms with van der Waals surface area (Å²) in [7, 11) is 1.61. The number of likely N-dealkylation sites (N-methyl/N-ethyl adjacent to an activating group) is 1. The van der Waals surface area contributed by atoms with E-state index in [1.54, 1.807) is 7.05 Å². The molecule has 2 rings (SSSR count). The van der Waals surface area contributed by atoms with Crippen LogP contribution in [0.25, 0.3) is 11.1 Å². The summed E-state index contributed by atoms with van der Waals surface area (Å²) in [4.78, 5) is 0. The Bertz CT molecular complexity index is 831. The lowest BCUT2D eigenvalue weighted by atomic mass is 9.89. The number of hydrogen-bond donors (Lipinski definition) is 1. The van der Waals surface area contributed by atoms with E-state index in [4.69, 9.17) is 4.74 Å². The molecule has 3 nitrogen and oxygen atoms in total. The average molecular weight is 392 g/mol. The predicted octanol–water partition coefficient (Wildman–Crippen LogP) is 6.62. The third kappa shape index (κ3) is 7.37. The van der Waals surface area contributed by atoms with Crippen molar-refractivity contribution in [3.05, 3.63) is 89.5 Å². The second-order valence-corrected chi connectivity index (χ2v) is 7.15. The third-order valence-corrected chi connectivity index (χ3v) is 4.76. The van der Waals surface area contributed by atoms with Crippen molar-refractivity contribution in [2.45, 2.75) is 33.6 Å². The van der Waals surface area contributed by atoms with Crippen LogP contribution < -0.4 is 4.74 Å². The second kappa shape index (κ2) is 12.1. The van der Waals surface area contributed by atoms with Crippen LogP contribution in [0.5, 0.6) is 5.75 Å². The van der Waals surface area contributed by atoms with Gasteiger partial charge in [-0.15, -0.1) is 0 Å². The minimum Gasteiger partial charge on any atom is -0.492 e. The molecule has 1 N–H and O–H groups in total. The minimum absolute atomic E-state index is 0.449. The zero-order valence-corrected chi connectivity index (χ0v) is 18.1. The Hall–Kier alpha value is -2.62. The number of benzene rings is 2. The van der Waals surface area contributed by atoms with Gasteiger partial charge in [0.2, 0.25) is 0 Å². The molecule has 0 heterocycles. The lowest BCUT2D eigenvalue weighted by Crippen LogP contribution is -2.20. The van der Waals surface area contributed by atoms with Gasteiger partial charge in [-0.3, -0.25) is 0 Å². The summed E-state index contributed by atoms with van der Waals surface area (Å²) in [5.41, 5.74) is 6.53. The van der Waals surface area contributed by atoms with Crippen molar-refractivity contribution in [2.75, 3.05) is 20.2 Å². The molecule has 0 radical (unpaired) electrons. The molecule has 0 aliphatic carbocycles. The SMILES string of the molecule is C/C=C\C=C(/C)C/C(=C(\CC)c1ccccc1)c1ccc(OCCN(C)O)cc1. The molecule has 2 aromatic rings. The van der Waals surface area contributed by atoms with Crippen molar-refractivity contribution in [3.8, 4) is 5.75 Å². The maximum absolute atomic E-state index is 9.23. The van der Waals surface area contributed by atoms with Crippen LogP contribution in [0.2, 0.25) is 0 Å². The van der Waals surface area contributed by atoms with Crippen LogP contribution in [-0.2, 0) is 0 Å². The molecule has 0 atom stereocenters. The summed E-state index contributed by atoms with van der Waals surface area (Å²) in [6, 6.07) is 18.9. The summed E-state index contributed by atoms with van der Waals surface area (Å²) < 4.78 is 5.72. The number of rotatable bonds is 10. The third-order valence-electron chi connectivity index (χ3n) is 4.76. The number of hydroxylamine groups is 2. The highest BCUT2D eigenvalue weighted by Crippen LogP contribution is 2.34. The normalized spacial score (nSPS) is 13.1. The summed E-state index contributed by atoms with van der Waals surface area (Å²) in [6.45, 7) is 7.35. The van der Waals surface area contributed by atoms with Crippen LogP contribution in [0.3, 0.4) is 0 Å². The van der Waals surface area contributed by atoms with Gasteiger partial charge in [0.25, 0.3) is 0 Å². The van der Waals surface area contributed by atoms with E-state index in [1.807, 2.05) is 19.1 Å². The molecule has 154 valence electrons. The van der Waals surface area contributed by atoms with E-state index in [0.29, 0.717) is 13.2 Å². The van der Waals surface area contributed by atoms with Gasteiger partial charge in [0.1, 0.15) is 12.4 Å². The lowest BCUT2D eigenvalue weighted by molar-refractivity contribution is -0.0713.